The molecule has 0 spiro atoms. The third-order valence-corrected chi connectivity index (χ3v) is 3.42. The van der Waals surface area contributed by atoms with Crippen LogP contribution in [0.2, 0.25) is 0 Å². The summed E-state index contributed by atoms with van der Waals surface area (Å²) < 4.78 is 4.78. The maximum Gasteiger partial charge on any atom is 0.328 e. The van der Waals surface area contributed by atoms with E-state index in [4.69, 9.17) is 10.5 Å². The summed E-state index contributed by atoms with van der Waals surface area (Å²) in [7, 11) is 0. The number of carbonyl (C=O) groups is 2. The van der Waals surface area contributed by atoms with E-state index in [9.17, 15) is 9.59 Å². The van der Waals surface area contributed by atoms with E-state index < -0.39 is 17.0 Å². The molecule has 0 aromatic heterocycles. The summed E-state index contributed by atoms with van der Waals surface area (Å²) in [4.78, 5) is 23.2. The van der Waals surface area contributed by atoms with Crippen molar-refractivity contribution in [3.63, 3.8) is 0 Å². The summed E-state index contributed by atoms with van der Waals surface area (Å²) >= 11 is 0. The minimum absolute atomic E-state index is 0.219. The standard InChI is InChI=1S/C11H20N2O3/c1-10(2,11(3,4)12)9(15)13-7-5-6-16-8(7)14/h7H,5-6,12H2,1-4H3,(H,13,15). The lowest BCUT2D eigenvalue weighted by Gasteiger charge is -2.37. The molecule has 0 aliphatic carbocycles. The number of nitrogens with two attached hydrogens (primary N) is 1. The Labute approximate surface area is 95.7 Å². The average molecular weight is 228 g/mol. The van der Waals surface area contributed by atoms with E-state index in [0.29, 0.717) is 13.0 Å². The maximum absolute atomic E-state index is 12.0. The molecule has 92 valence electrons. The average Bonchev–Trinajstić information content (AvgIpc) is 2.49. The first-order valence-corrected chi connectivity index (χ1v) is 5.43. The van der Waals surface area contributed by atoms with Gasteiger partial charge in [0.25, 0.3) is 0 Å². The maximum atomic E-state index is 12.0. The lowest BCUT2D eigenvalue weighted by molar-refractivity contribution is -0.143. The molecule has 1 unspecified atom stereocenters. The van der Waals surface area contributed by atoms with Crippen LogP contribution in [0, 0.1) is 5.41 Å². The molecule has 0 radical (unpaired) electrons. The van der Waals surface area contributed by atoms with Crippen LogP contribution < -0.4 is 11.1 Å². The van der Waals surface area contributed by atoms with Gasteiger partial charge < -0.3 is 15.8 Å². The number of amides is 1. The van der Waals surface area contributed by atoms with Gasteiger partial charge in [0.2, 0.25) is 5.91 Å². The summed E-state index contributed by atoms with van der Waals surface area (Å²) in [6, 6.07) is -0.519. The lowest BCUT2D eigenvalue weighted by Crippen LogP contribution is -2.57. The molecule has 5 heteroatoms. The minimum Gasteiger partial charge on any atom is -0.464 e. The van der Waals surface area contributed by atoms with Gasteiger partial charge in [-0.3, -0.25) is 4.79 Å². The van der Waals surface area contributed by atoms with Gasteiger partial charge in [-0.25, -0.2) is 4.79 Å². The second kappa shape index (κ2) is 4.05. The molecule has 16 heavy (non-hydrogen) atoms. The normalized spacial score (nSPS) is 21.8. The molecule has 1 heterocycles. The van der Waals surface area contributed by atoms with Gasteiger partial charge in [0.15, 0.2) is 0 Å². The Bertz CT molecular complexity index is 305. The van der Waals surface area contributed by atoms with Gasteiger partial charge >= 0.3 is 5.97 Å². The first kappa shape index (κ1) is 13.0. The monoisotopic (exact) mass is 228 g/mol. The Hall–Kier alpha value is -1.10. The van der Waals surface area contributed by atoms with Crippen molar-refractivity contribution < 1.29 is 14.3 Å². The summed E-state index contributed by atoms with van der Waals surface area (Å²) in [6.45, 7) is 7.49. The van der Waals surface area contributed by atoms with Crippen molar-refractivity contribution in [2.24, 2.45) is 11.1 Å². The number of carbonyl (C=O) groups excluding carboxylic acids is 2. The predicted octanol–water partition coefficient (Wildman–Crippen LogP) is 0.182. The van der Waals surface area contributed by atoms with Crippen LogP contribution in [0.1, 0.15) is 34.1 Å². The number of rotatable bonds is 3. The van der Waals surface area contributed by atoms with Gasteiger partial charge in [-0.15, -0.1) is 0 Å². The zero-order chi connectivity index (χ0) is 12.6. The van der Waals surface area contributed by atoms with Crippen LogP contribution in [0.5, 0.6) is 0 Å². The minimum atomic E-state index is -0.740. The van der Waals surface area contributed by atoms with Gasteiger partial charge in [0, 0.05) is 12.0 Å². The van der Waals surface area contributed by atoms with Crippen LogP contribution in [-0.4, -0.2) is 30.1 Å². The Morgan fingerprint density at radius 1 is 1.44 bits per heavy atom. The number of hydrogen-bond acceptors (Lipinski definition) is 4. The molecule has 0 aromatic carbocycles. The summed E-state index contributed by atoms with van der Waals surface area (Å²) in [5.74, 6) is -0.581. The largest absolute Gasteiger partial charge is 0.464 e. The van der Waals surface area contributed by atoms with Crippen LogP contribution in [0.25, 0.3) is 0 Å². The molecule has 1 atom stereocenters. The van der Waals surface area contributed by atoms with Crippen LogP contribution in [0.3, 0.4) is 0 Å². The van der Waals surface area contributed by atoms with E-state index in [2.05, 4.69) is 5.32 Å². The summed E-state index contributed by atoms with van der Waals surface area (Å²) in [5, 5.41) is 2.68. The van der Waals surface area contributed by atoms with Crippen molar-refractivity contribution in [2.45, 2.75) is 45.7 Å². The summed E-state index contributed by atoms with van der Waals surface area (Å²) in [5.41, 5.74) is 4.55. The highest BCUT2D eigenvalue weighted by Gasteiger charge is 2.42. The highest BCUT2D eigenvalue weighted by atomic mass is 16.5. The van der Waals surface area contributed by atoms with E-state index >= 15 is 0 Å². The van der Waals surface area contributed by atoms with E-state index in [1.54, 1.807) is 27.7 Å². The van der Waals surface area contributed by atoms with Gasteiger partial charge in [-0.1, -0.05) is 0 Å². The highest BCUT2D eigenvalue weighted by Crippen LogP contribution is 2.28. The van der Waals surface area contributed by atoms with E-state index in [-0.39, 0.29) is 11.9 Å². The number of nitrogens with one attached hydrogen (secondary N) is 1. The zero-order valence-corrected chi connectivity index (χ0v) is 10.3. The zero-order valence-electron chi connectivity index (χ0n) is 10.3. The fourth-order valence-corrected chi connectivity index (χ4v) is 1.26. The number of hydrogen-bond donors (Lipinski definition) is 2. The fraction of sp³-hybridized carbons (Fsp3) is 0.818. The first-order valence-electron chi connectivity index (χ1n) is 5.43. The molecule has 1 amide bonds. The molecular formula is C11H20N2O3. The molecule has 0 aromatic rings. The molecule has 3 N–H and O–H groups in total. The third kappa shape index (κ3) is 2.35. The van der Waals surface area contributed by atoms with E-state index in [0.717, 1.165) is 0 Å². The Morgan fingerprint density at radius 2 is 2.00 bits per heavy atom. The van der Waals surface area contributed by atoms with Crippen molar-refractivity contribution in [2.75, 3.05) is 6.61 Å². The number of ether oxygens (including phenoxy) is 1. The van der Waals surface area contributed by atoms with Gasteiger partial charge in [0.1, 0.15) is 6.04 Å². The van der Waals surface area contributed by atoms with Crippen molar-refractivity contribution in [1.29, 1.82) is 0 Å². The molecule has 1 saturated heterocycles. The molecular weight excluding hydrogens is 208 g/mol. The van der Waals surface area contributed by atoms with Crippen molar-refractivity contribution in [1.82, 2.24) is 5.32 Å². The SMILES string of the molecule is CC(C)(N)C(C)(C)C(=O)NC1CCOC1=O. The van der Waals surface area contributed by atoms with E-state index in [1.165, 1.54) is 0 Å². The number of esters is 1. The smallest absolute Gasteiger partial charge is 0.328 e. The molecule has 0 saturated carbocycles. The molecule has 1 aliphatic heterocycles. The van der Waals surface area contributed by atoms with Crippen molar-refractivity contribution in [3.05, 3.63) is 0 Å². The fourth-order valence-electron chi connectivity index (χ4n) is 1.26. The molecule has 1 fully saturated rings. The van der Waals surface area contributed by atoms with E-state index in [1.807, 2.05) is 0 Å². The van der Waals surface area contributed by atoms with Crippen molar-refractivity contribution in [3.8, 4) is 0 Å². The van der Waals surface area contributed by atoms with Gasteiger partial charge in [0.05, 0.1) is 12.0 Å². The molecule has 5 nitrogen and oxygen atoms in total. The van der Waals surface area contributed by atoms with Crippen LogP contribution in [0.15, 0.2) is 0 Å². The quantitative estimate of drug-likeness (QED) is 0.675. The second-order valence-electron chi connectivity index (χ2n) is 5.33. The second-order valence-corrected chi connectivity index (χ2v) is 5.33. The lowest BCUT2D eigenvalue weighted by atomic mass is 9.74. The van der Waals surface area contributed by atoms with Crippen LogP contribution in [0.4, 0.5) is 0 Å². The predicted molar refractivity (Wildman–Crippen MR) is 59.6 cm³/mol. The topological polar surface area (TPSA) is 81.4 Å². The van der Waals surface area contributed by atoms with Crippen LogP contribution >= 0.6 is 0 Å². The Balaban J connectivity index is 2.68. The third-order valence-electron chi connectivity index (χ3n) is 3.42. The highest BCUT2D eigenvalue weighted by molar-refractivity contribution is 5.89. The van der Waals surface area contributed by atoms with Crippen molar-refractivity contribution >= 4 is 11.9 Å². The first-order chi connectivity index (χ1) is 7.16. The number of cyclic esters (lactones) is 1. The Kier molecular flexibility index (Phi) is 3.28. The molecule has 0 bridgehead atoms. The Morgan fingerprint density at radius 3 is 2.38 bits per heavy atom. The summed E-state index contributed by atoms with van der Waals surface area (Å²) in [6.07, 6.45) is 0.533. The molecule has 1 rings (SSSR count). The van der Waals surface area contributed by atoms with Crippen LogP contribution in [-0.2, 0) is 14.3 Å². The molecule has 1 aliphatic rings. The van der Waals surface area contributed by atoms with Gasteiger partial charge in [-0.05, 0) is 27.7 Å². The van der Waals surface area contributed by atoms with Gasteiger partial charge in [-0.2, -0.15) is 0 Å².